The highest BCUT2D eigenvalue weighted by Crippen LogP contribution is 2.24. The number of anilines is 2. The molecule has 0 unspecified atom stereocenters. The molecule has 0 atom stereocenters. The number of nitrogen functional groups attached to an aromatic ring is 1. The molecule has 0 heterocycles. The van der Waals surface area contributed by atoms with Crippen molar-refractivity contribution in [1.29, 1.82) is 0 Å². The molecule has 0 aromatic heterocycles. The van der Waals surface area contributed by atoms with Crippen molar-refractivity contribution in [2.24, 2.45) is 0 Å². The fraction of sp³-hybridized carbons (Fsp3) is 0.143. The van der Waals surface area contributed by atoms with Crippen molar-refractivity contribution in [2.45, 2.75) is 0 Å². The summed E-state index contributed by atoms with van der Waals surface area (Å²) in [7, 11) is 0. The first-order chi connectivity index (χ1) is 9.18. The maximum atomic E-state index is 13.5. The van der Waals surface area contributed by atoms with Crippen molar-refractivity contribution in [3.8, 4) is 5.75 Å². The molecule has 0 spiro atoms. The van der Waals surface area contributed by atoms with Crippen LogP contribution in [0.3, 0.4) is 0 Å². The summed E-state index contributed by atoms with van der Waals surface area (Å²) in [5.74, 6) is -1.18. The van der Waals surface area contributed by atoms with E-state index in [-0.39, 0.29) is 11.4 Å². The molecule has 0 saturated carbocycles. The zero-order valence-electron chi connectivity index (χ0n) is 10.2. The van der Waals surface area contributed by atoms with Crippen LogP contribution in [0.25, 0.3) is 0 Å². The van der Waals surface area contributed by atoms with Crippen LogP contribution in [0.5, 0.6) is 5.75 Å². The first-order valence-electron chi connectivity index (χ1n) is 5.83. The van der Waals surface area contributed by atoms with E-state index in [1.807, 2.05) is 30.3 Å². The maximum absolute atomic E-state index is 13.5. The standard InChI is InChI=1S/C14H14F2N2O/c15-11-6-7-12(17)14(13(11)16)18-8-9-19-10-4-2-1-3-5-10/h1-7,18H,8-9,17H2. The Morgan fingerprint density at radius 2 is 1.79 bits per heavy atom. The molecular weight excluding hydrogens is 250 g/mol. The molecule has 0 fully saturated rings. The Kier molecular flexibility index (Phi) is 4.18. The van der Waals surface area contributed by atoms with Crippen molar-refractivity contribution >= 4 is 11.4 Å². The number of nitrogens with two attached hydrogens (primary N) is 1. The lowest BCUT2D eigenvalue weighted by Gasteiger charge is -2.11. The summed E-state index contributed by atoms with van der Waals surface area (Å²) in [6, 6.07) is 11.5. The summed E-state index contributed by atoms with van der Waals surface area (Å²) in [4.78, 5) is 0. The predicted octanol–water partition coefficient (Wildman–Crippen LogP) is 3.04. The number of halogens is 2. The summed E-state index contributed by atoms with van der Waals surface area (Å²) >= 11 is 0. The zero-order valence-corrected chi connectivity index (χ0v) is 10.2. The number of nitrogens with one attached hydrogen (secondary N) is 1. The van der Waals surface area contributed by atoms with Crippen LogP contribution in [0.15, 0.2) is 42.5 Å². The third-order valence-electron chi connectivity index (χ3n) is 2.54. The lowest BCUT2D eigenvalue weighted by molar-refractivity contribution is 0.332. The lowest BCUT2D eigenvalue weighted by atomic mass is 10.2. The quantitative estimate of drug-likeness (QED) is 0.644. The summed E-state index contributed by atoms with van der Waals surface area (Å²) < 4.78 is 31.9. The molecule has 100 valence electrons. The van der Waals surface area contributed by atoms with Gasteiger partial charge in [0.05, 0.1) is 11.4 Å². The van der Waals surface area contributed by atoms with Crippen molar-refractivity contribution < 1.29 is 13.5 Å². The highest BCUT2D eigenvalue weighted by atomic mass is 19.2. The van der Waals surface area contributed by atoms with Crippen LogP contribution >= 0.6 is 0 Å². The summed E-state index contributed by atoms with van der Waals surface area (Å²) in [5, 5.41) is 2.73. The second-order valence-corrected chi connectivity index (χ2v) is 3.91. The number of benzene rings is 2. The van der Waals surface area contributed by atoms with Gasteiger partial charge in [-0.1, -0.05) is 18.2 Å². The largest absolute Gasteiger partial charge is 0.492 e. The van der Waals surface area contributed by atoms with Crippen molar-refractivity contribution in [2.75, 3.05) is 24.2 Å². The highest BCUT2D eigenvalue weighted by Gasteiger charge is 2.10. The van der Waals surface area contributed by atoms with Crippen LogP contribution < -0.4 is 15.8 Å². The third kappa shape index (κ3) is 3.34. The summed E-state index contributed by atoms with van der Waals surface area (Å²) in [5.41, 5.74) is 5.71. The molecule has 3 nitrogen and oxygen atoms in total. The minimum absolute atomic E-state index is 0.0309. The Morgan fingerprint density at radius 1 is 1.05 bits per heavy atom. The fourth-order valence-electron chi connectivity index (χ4n) is 1.61. The van der Waals surface area contributed by atoms with Gasteiger partial charge in [0.15, 0.2) is 11.6 Å². The van der Waals surface area contributed by atoms with E-state index in [1.54, 1.807) is 0 Å². The first kappa shape index (κ1) is 13.1. The molecular formula is C14H14F2N2O. The Hall–Kier alpha value is -2.30. The van der Waals surface area contributed by atoms with Crippen LogP contribution in [-0.4, -0.2) is 13.2 Å². The molecule has 0 bridgehead atoms. The van der Waals surface area contributed by atoms with Gasteiger partial charge in [0.2, 0.25) is 0 Å². The summed E-state index contributed by atoms with van der Waals surface area (Å²) in [6.45, 7) is 0.638. The van der Waals surface area contributed by atoms with Crippen LogP contribution in [0, 0.1) is 11.6 Å². The highest BCUT2D eigenvalue weighted by molar-refractivity contribution is 5.66. The molecule has 0 radical (unpaired) electrons. The van der Waals surface area contributed by atoms with E-state index < -0.39 is 11.6 Å². The van der Waals surface area contributed by atoms with Crippen LogP contribution in [0.4, 0.5) is 20.2 Å². The van der Waals surface area contributed by atoms with Crippen LogP contribution in [0.2, 0.25) is 0 Å². The number of hydrogen-bond acceptors (Lipinski definition) is 3. The smallest absolute Gasteiger partial charge is 0.183 e. The number of rotatable bonds is 5. The predicted molar refractivity (Wildman–Crippen MR) is 71.2 cm³/mol. The van der Waals surface area contributed by atoms with E-state index in [0.717, 1.165) is 11.8 Å². The van der Waals surface area contributed by atoms with Gasteiger partial charge in [-0.25, -0.2) is 8.78 Å². The van der Waals surface area contributed by atoms with Gasteiger partial charge in [-0.2, -0.15) is 0 Å². The van der Waals surface area contributed by atoms with Crippen LogP contribution in [0.1, 0.15) is 0 Å². The van der Waals surface area contributed by atoms with E-state index >= 15 is 0 Å². The second kappa shape index (κ2) is 6.04. The SMILES string of the molecule is Nc1ccc(F)c(F)c1NCCOc1ccccc1. The fourth-order valence-corrected chi connectivity index (χ4v) is 1.61. The minimum atomic E-state index is -0.972. The van der Waals surface area contributed by atoms with Crippen molar-refractivity contribution in [1.82, 2.24) is 0 Å². The number of hydrogen-bond donors (Lipinski definition) is 2. The van der Waals surface area contributed by atoms with Crippen molar-refractivity contribution in [3.63, 3.8) is 0 Å². The molecule has 19 heavy (non-hydrogen) atoms. The number of ether oxygens (including phenoxy) is 1. The summed E-state index contributed by atoms with van der Waals surface area (Å²) in [6.07, 6.45) is 0. The molecule has 0 amide bonds. The first-order valence-corrected chi connectivity index (χ1v) is 5.83. The van der Waals surface area contributed by atoms with E-state index in [9.17, 15) is 8.78 Å². The van der Waals surface area contributed by atoms with Gasteiger partial charge >= 0.3 is 0 Å². The van der Waals surface area contributed by atoms with E-state index in [2.05, 4.69) is 5.32 Å². The Balaban J connectivity index is 1.88. The number of para-hydroxylation sites is 1. The van der Waals surface area contributed by atoms with Crippen LogP contribution in [-0.2, 0) is 0 Å². The molecule has 2 aromatic rings. The zero-order chi connectivity index (χ0) is 13.7. The molecule has 0 aliphatic carbocycles. The van der Waals surface area contributed by atoms with E-state index in [1.165, 1.54) is 6.07 Å². The Bertz CT molecular complexity index is 547. The normalized spacial score (nSPS) is 10.2. The lowest BCUT2D eigenvalue weighted by Crippen LogP contribution is -2.14. The van der Waals surface area contributed by atoms with Gasteiger partial charge in [0.1, 0.15) is 12.4 Å². The minimum Gasteiger partial charge on any atom is -0.492 e. The molecule has 3 N–H and O–H groups in total. The van der Waals surface area contributed by atoms with E-state index in [0.29, 0.717) is 13.2 Å². The third-order valence-corrected chi connectivity index (χ3v) is 2.54. The topological polar surface area (TPSA) is 47.3 Å². The van der Waals surface area contributed by atoms with Gasteiger partial charge in [0, 0.05) is 6.54 Å². The molecule has 5 heteroatoms. The van der Waals surface area contributed by atoms with Gasteiger partial charge in [0.25, 0.3) is 0 Å². The van der Waals surface area contributed by atoms with Gasteiger partial charge < -0.3 is 15.8 Å². The van der Waals surface area contributed by atoms with Gasteiger partial charge in [-0.3, -0.25) is 0 Å². The average molecular weight is 264 g/mol. The van der Waals surface area contributed by atoms with Gasteiger partial charge in [-0.05, 0) is 24.3 Å². The monoisotopic (exact) mass is 264 g/mol. The second-order valence-electron chi connectivity index (χ2n) is 3.91. The molecule has 0 aliphatic heterocycles. The molecule has 0 saturated heterocycles. The maximum Gasteiger partial charge on any atom is 0.183 e. The van der Waals surface area contributed by atoms with Gasteiger partial charge in [-0.15, -0.1) is 0 Å². The Morgan fingerprint density at radius 3 is 2.53 bits per heavy atom. The van der Waals surface area contributed by atoms with E-state index in [4.69, 9.17) is 10.5 Å². The van der Waals surface area contributed by atoms with Crippen molar-refractivity contribution in [3.05, 3.63) is 54.1 Å². The average Bonchev–Trinajstić information content (AvgIpc) is 2.43. The molecule has 0 aliphatic rings. The molecule has 2 rings (SSSR count). The Labute approximate surface area is 110 Å². The molecule has 2 aromatic carbocycles.